The van der Waals surface area contributed by atoms with E-state index in [1.54, 1.807) is 12.3 Å². The van der Waals surface area contributed by atoms with E-state index in [1.165, 1.54) is 16.9 Å². The highest BCUT2D eigenvalue weighted by Crippen LogP contribution is 2.32. The summed E-state index contributed by atoms with van der Waals surface area (Å²) in [4.78, 5) is 12.1. The van der Waals surface area contributed by atoms with E-state index in [4.69, 9.17) is 0 Å². The summed E-state index contributed by atoms with van der Waals surface area (Å²) < 4.78 is 40.1. The minimum atomic E-state index is -4.41. The van der Waals surface area contributed by atoms with Crippen molar-refractivity contribution in [3.8, 4) is 0 Å². The van der Waals surface area contributed by atoms with Gasteiger partial charge >= 0.3 is 6.18 Å². The SMILES string of the molecule is CC(C)C(NC(=O)CCn1ccnn1)c1cccc(C(F)(F)F)c1. The maximum Gasteiger partial charge on any atom is 0.416 e. The second-order valence-corrected chi connectivity index (χ2v) is 5.83. The van der Waals surface area contributed by atoms with Crippen LogP contribution >= 0.6 is 0 Å². The molecule has 0 aliphatic heterocycles. The first-order chi connectivity index (χ1) is 11.3. The minimum absolute atomic E-state index is 0.0520. The molecule has 1 heterocycles. The molecule has 0 radical (unpaired) electrons. The summed E-state index contributed by atoms with van der Waals surface area (Å²) in [6.07, 6.45) is -1.09. The van der Waals surface area contributed by atoms with Crippen LogP contribution in [0.1, 0.15) is 37.4 Å². The molecule has 2 aromatic rings. The topological polar surface area (TPSA) is 59.8 Å². The van der Waals surface area contributed by atoms with E-state index < -0.39 is 17.8 Å². The van der Waals surface area contributed by atoms with Crippen molar-refractivity contribution >= 4 is 5.91 Å². The zero-order chi connectivity index (χ0) is 17.7. The highest BCUT2D eigenvalue weighted by molar-refractivity contribution is 5.76. The van der Waals surface area contributed by atoms with Crippen LogP contribution in [-0.4, -0.2) is 20.9 Å². The summed E-state index contributed by atoms with van der Waals surface area (Å²) in [5.41, 5.74) is -0.281. The van der Waals surface area contributed by atoms with Gasteiger partial charge in [0.1, 0.15) is 0 Å². The number of benzene rings is 1. The molecular formula is C16H19F3N4O. The molecule has 0 bridgehead atoms. The van der Waals surface area contributed by atoms with E-state index in [1.807, 2.05) is 13.8 Å². The van der Waals surface area contributed by atoms with Crippen molar-refractivity contribution in [3.63, 3.8) is 0 Å². The van der Waals surface area contributed by atoms with Crippen LogP contribution in [0, 0.1) is 5.92 Å². The number of rotatable bonds is 6. The van der Waals surface area contributed by atoms with Gasteiger partial charge in [0.2, 0.25) is 5.91 Å². The number of alkyl halides is 3. The molecule has 0 aliphatic carbocycles. The minimum Gasteiger partial charge on any atom is -0.349 e. The summed E-state index contributed by atoms with van der Waals surface area (Å²) in [6, 6.07) is 4.57. The number of carbonyl (C=O) groups excluding carboxylic acids is 1. The average Bonchev–Trinajstić information content (AvgIpc) is 3.03. The molecule has 0 saturated heterocycles. The van der Waals surface area contributed by atoms with Gasteiger partial charge in [-0.2, -0.15) is 13.2 Å². The van der Waals surface area contributed by atoms with Gasteiger partial charge in [0.05, 0.1) is 24.3 Å². The smallest absolute Gasteiger partial charge is 0.349 e. The van der Waals surface area contributed by atoms with Crippen LogP contribution in [0.15, 0.2) is 36.7 Å². The van der Waals surface area contributed by atoms with Crippen molar-refractivity contribution in [1.82, 2.24) is 20.3 Å². The fourth-order valence-electron chi connectivity index (χ4n) is 2.36. The Bertz CT molecular complexity index is 668. The molecule has 24 heavy (non-hydrogen) atoms. The van der Waals surface area contributed by atoms with Gasteiger partial charge in [-0.3, -0.25) is 9.48 Å². The van der Waals surface area contributed by atoms with E-state index in [2.05, 4.69) is 15.6 Å². The van der Waals surface area contributed by atoms with Crippen molar-refractivity contribution in [3.05, 3.63) is 47.8 Å². The predicted molar refractivity (Wildman–Crippen MR) is 81.8 cm³/mol. The van der Waals surface area contributed by atoms with Crippen LogP contribution in [0.5, 0.6) is 0 Å². The first-order valence-corrected chi connectivity index (χ1v) is 7.58. The second kappa shape index (κ2) is 7.46. The highest BCUT2D eigenvalue weighted by atomic mass is 19.4. The molecule has 130 valence electrons. The van der Waals surface area contributed by atoms with Gasteiger partial charge in [0.15, 0.2) is 0 Å². The Morgan fingerprint density at radius 1 is 1.33 bits per heavy atom. The molecule has 1 aromatic heterocycles. The molecule has 0 spiro atoms. The quantitative estimate of drug-likeness (QED) is 0.878. The molecule has 2 rings (SSSR count). The number of halogens is 3. The summed E-state index contributed by atoms with van der Waals surface area (Å²) in [5.74, 6) is -0.301. The molecule has 1 atom stereocenters. The molecule has 0 fully saturated rings. The van der Waals surface area contributed by atoms with E-state index in [0.717, 1.165) is 12.1 Å². The Morgan fingerprint density at radius 3 is 2.67 bits per heavy atom. The van der Waals surface area contributed by atoms with E-state index in [9.17, 15) is 18.0 Å². The standard InChI is InChI=1S/C16H19F3N4O/c1-11(2)15(12-4-3-5-13(10-12)16(17,18)19)21-14(24)6-8-23-9-7-20-22-23/h3-5,7,9-11,15H,6,8H2,1-2H3,(H,21,24). The average molecular weight is 340 g/mol. The third-order valence-corrected chi connectivity index (χ3v) is 3.60. The molecular weight excluding hydrogens is 321 g/mol. The number of aromatic nitrogens is 3. The molecule has 1 unspecified atom stereocenters. The Hall–Kier alpha value is -2.38. The Morgan fingerprint density at radius 2 is 2.08 bits per heavy atom. The van der Waals surface area contributed by atoms with Crippen molar-refractivity contribution in [2.75, 3.05) is 0 Å². The normalized spacial score (nSPS) is 13.1. The summed E-state index contributed by atoms with van der Waals surface area (Å²) in [7, 11) is 0. The van der Waals surface area contributed by atoms with Crippen molar-refractivity contribution < 1.29 is 18.0 Å². The summed E-state index contributed by atoms with van der Waals surface area (Å²) >= 11 is 0. The molecule has 1 aromatic carbocycles. The van der Waals surface area contributed by atoms with Gasteiger partial charge in [0, 0.05) is 12.6 Å². The van der Waals surface area contributed by atoms with Crippen LogP contribution < -0.4 is 5.32 Å². The largest absolute Gasteiger partial charge is 0.416 e. The fourth-order valence-corrected chi connectivity index (χ4v) is 2.36. The predicted octanol–water partition coefficient (Wildman–Crippen LogP) is 3.20. The van der Waals surface area contributed by atoms with Gasteiger partial charge in [-0.15, -0.1) is 5.10 Å². The van der Waals surface area contributed by atoms with Gasteiger partial charge in [-0.25, -0.2) is 0 Å². The number of amides is 1. The molecule has 1 amide bonds. The molecule has 8 heteroatoms. The molecule has 0 aliphatic rings. The number of nitrogens with one attached hydrogen (secondary N) is 1. The molecule has 5 nitrogen and oxygen atoms in total. The molecule has 0 saturated carbocycles. The third-order valence-electron chi connectivity index (χ3n) is 3.60. The number of hydrogen-bond donors (Lipinski definition) is 1. The van der Waals surface area contributed by atoms with Gasteiger partial charge in [0.25, 0.3) is 0 Å². The van der Waals surface area contributed by atoms with Gasteiger partial charge in [-0.05, 0) is 23.6 Å². The van der Waals surface area contributed by atoms with Crippen molar-refractivity contribution in [2.45, 2.75) is 39.0 Å². The number of carbonyl (C=O) groups is 1. The van der Waals surface area contributed by atoms with E-state index >= 15 is 0 Å². The Kier molecular flexibility index (Phi) is 5.58. The first-order valence-electron chi connectivity index (χ1n) is 7.58. The van der Waals surface area contributed by atoms with Crippen LogP contribution in [0.25, 0.3) is 0 Å². The van der Waals surface area contributed by atoms with Crippen LogP contribution in [0.3, 0.4) is 0 Å². The Balaban J connectivity index is 2.07. The monoisotopic (exact) mass is 340 g/mol. The fraction of sp³-hybridized carbons (Fsp3) is 0.438. The maximum absolute atomic E-state index is 12.9. The second-order valence-electron chi connectivity index (χ2n) is 5.83. The van der Waals surface area contributed by atoms with E-state index in [0.29, 0.717) is 12.1 Å². The zero-order valence-electron chi connectivity index (χ0n) is 13.4. The van der Waals surface area contributed by atoms with Crippen molar-refractivity contribution in [2.24, 2.45) is 5.92 Å². The van der Waals surface area contributed by atoms with Crippen LogP contribution in [0.4, 0.5) is 13.2 Å². The zero-order valence-corrected chi connectivity index (χ0v) is 13.4. The summed E-state index contributed by atoms with van der Waals surface area (Å²) in [5, 5.41) is 10.2. The lowest BCUT2D eigenvalue weighted by atomic mass is 9.94. The number of nitrogens with zero attached hydrogens (tertiary/aromatic N) is 3. The van der Waals surface area contributed by atoms with Crippen LogP contribution in [0.2, 0.25) is 0 Å². The van der Waals surface area contributed by atoms with Crippen LogP contribution in [-0.2, 0) is 17.5 Å². The number of hydrogen-bond acceptors (Lipinski definition) is 3. The van der Waals surface area contributed by atoms with E-state index in [-0.39, 0.29) is 18.2 Å². The maximum atomic E-state index is 12.9. The Labute approximate surface area is 137 Å². The lowest BCUT2D eigenvalue weighted by molar-refractivity contribution is -0.137. The van der Waals surface area contributed by atoms with Crippen molar-refractivity contribution in [1.29, 1.82) is 0 Å². The highest BCUT2D eigenvalue weighted by Gasteiger charge is 2.31. The summed E-state index contributed by atoms with van der Waals surface area (Å²) in [6.45, 7) is 4.06. The lowest BCUT2D eigenvalue weighted by Crippen LogP contribution is -2.32. The third kappa shape index (κ3) is 4.81. The lowest BCUT2D eigenvalue weighted by Gasteiger charge is -2.24. The van der Waals surface area contributed by atoms with Gasteiger partial charge < -0.3 is 5.32 Å². The number of aryl methyl sites for hydroxylation is 1. The molecule has 1 N–H and O–H groups in total. The first kappa shape index (κ1) is 18.0. The van der Waals surface area contributed by atoms with Gasteiger partial charge in [-0.1, -0.05) is 31.2 Å².